The number of carbonyl (C=O) groups excluding carboxylic acids is 1. The molecule has 1 fully saturated rings. The molecule has 110 valence electrons. The van der Waals surface area contributed by atoms with E-state index in [4.69, 9.17) is 4.74 Å². The molecule has 1 N–H and O–H groups in total. The number of ether oxygens (including phenoxy) is 1. The van der Waals surface area contributed by atoms with Crippen LogP contribution in [0.25, 0.3) is 0 Å². The highest BCUT2D eigenvalue weighted by atomic mass is 16.5. The van der Waals surface area contributed by atoms with Crippen molar-refractivity contribution in [2.45, 2.75) is 19.8 Å². The summed E-state index contributed by atoms with van der Waals surface area (Å²) in [5.74, 6) is 1.07. The molecule has 1 saturated heterocycles. The second kappa shape index (κ2) is 7.24. The van der Waals surface area contributed by atoms with E-state index in [0.717, 1.165) is 31.9 Å². The molecule has 1 aliphatic heterocycles. The lowest BCUT2D eigenvalue weighted by Crippen LogP contribution is -2.40. The van der Waals surface area contributed by atoms with Crippen LogP contribution >= 0.6 is 0 Å². The zero-order valence-corrected chi connectivity index (χ0v) is 12.3. The number of pyridine rings is 1. The van der Waals surface area contributed by atoms with Crippen molar-refractivity contribution < 1.29 is 9.53 Å². The Morgan fingerprint density at radius 2 is 2.45 bits per heavy atom. The van der Waals surface area contributed by atoms with E-state index in [2.05, 4.69) is 15.2 Å². The third kappa shape index (κ3) is 3.48. The second-order valence-electron chi connectivity index (χ2n) is 5.11. The first-order valence-electron chi connectivity index (χ1n) is 7.28. The Balaban J connectivity index is 2.17. The molecule has 0 aliphatic carbocycles. The SMILES string of the molecule is CCOC(=O)c1cccnc1N1CCCC(CNC)C1. The van der Waals surface area contributed by atoms with E-state index in [0.29, 0.717) is 18.1 Å². The molecular weight excluding hydrogens is 254 g/mol. The minimum Gasteiger partial charge on any atom is -0.462 e. The van der Waals surface area contributed by atoms with E-state index >= 15 is 0 Å². The van der Waals surface area contributed by atoms with Gasteiger partial charge < -0.3 is 15.0 Å². The Morgan fingerprint density at radius 3 is 3.20 bits per heavy atom. The lowest BCUT2D eigenvalue weighted by Gasteiger charge is -2.34. The highest BCUT2D eigenvalue weighted by Gasteiger charge is 2.24. The maximum absolute atomic E-state index is 12.0. The Labute approximate surface area is 120 Å². The van der Waals surface area contributed by atoms with Crippen LogP contribution in [0.3, 0.4) is 0 Å². The molecule has 0 amide bonds. The molecule has 1 aromatic heterocycles. The van der Waals surface area contributed by atoms with Crippen molar-refractivity contribution in [2.24, 2.45) is 5.92 Å². The maximum Gasteiger partial charge on any atom is 0.341 e. The van der Waals surface area contributed by atoms with E-state index in [9.17, 15) is 4.79 Å². The molecule has 1 aromatic rings. The second-order valence-corrected chi connectivity index (χ2v) is 5.11. The molecule has 5 nitrogen and oxygen atoms in total. The van der Waals surface area contributed by atoms with Gasteiger partial charge >= 0.3 is 5.97 Å². The van der Waals surface area contributed by atoms with E-state index < -0.39 is 0 Å². The molecule has 1 aliphatic rings. The average molecular weight is 277 g/mol. The van der Waals surface area contributed by atoms with Crippen LogP contribution in [-0.2, 0) is 4.74 Å². The molecule has 0 radical (unpaired) electrons. The largest absolute Gasteiger partial charge is 0.462 e. The minimum absolute atomic E-state index is 0.286. The number of hydrogen-bond acceptors (Lipinski definition) is 5. The number of esters is 1. The van der Waals surface area contributed by atoms with Crippen LogP contribution in [0.5, 0.6) is 0 Å². The van der Waals surface area contributed by atoms with Crippen LogP contribution in [-0.4, -0.2) is 44.2 Å². The summed E-state index contributed by atoms with van der Waals surface area (Å²) < 4.78 is 5.12. The van der Waals surface area contributed by atoms with Crippen LogP contribution in [0, 0.1) is 5.92 Å². The van der Waals surface area contributed by atoms with E-state index in [1.807, 2.05) is 14.0 Å². The Bertz CT molecular complexity index is 448. The summed E-state index contributed by atoms with van der Waals surface area (Å²) in [5, 5.41) is 3.23. The third-order valence-corrected chi connectivity index (χ3v) is 3.59. The summed E-state index contributed by atoms with van der Waals surface area (Å²) in [7, 11) is 1.98. The molecule has 2 rings (SSSR count). The number of nitrogens with one attached hydrogen (secondary N) is 1. The molecule has 0 aromatic carbocycles. The lowest BCUT2D eigenvalue weighted by molar-refractivity contribution is 0.0526. The molecule has 20 heavy (non-hydrogen) atoms. The van der Waals surface area contributed by atoms with Crippen molar-refractivity contribution in [3.05, 3.63) is 23.9 Å². The molecule has 1 unspecified atom stereocenters. The minimum atomic E-state index is -0.286. The van der Waals surface area contributed by atoms with Crippen LogP contribution < -0.4 is 10.2 Å². The van der Waals surface area contributed by atoms with Crippen LogP contribution in [0.1, 0.15) is 30.1 Å². The Hall–Kier alpha value is -1.62. The summed E-state index contributed by atoms with van der Waals surface area (Å²) in [6, 6.07) is 3.58. The van der Waals surface area contributed by atoms with E-state index in [-0.39, 0.29) is 5.97 Å². The number of nitrogens with zero attached hydrogens (tertiary/aromatic N) is 2. The standard InChI is InChI=1S/C15H23N3O2/c1-3-20-15(19)13-7-4-8-17-14(13)18-9-5-6-12(11-18)10-16-2/h4,7-8,12,16H,3,5-6,9-11H2,1-2H3. The fraction of sp³-hybridized carbons (Fsp3) is 0.600. The molecule has 2 heterocycles. The fourth-order valence-corrected chi connectivity index (χ4v) is 2.73. The molecule has 1 atom stereocenters. The molecule has 0 bridgehead atoms. The first-order valence-corrected chi connectivity index (χ1v) is 7.28. The summed E-state index contributed by atoms with van der Waals surface area (Å²) >= 11 is 0. The van der Waals surface area contributed by atoms with Crippen LogP contribution in [0.4, 0.5) is 5.82 Å². The quantitative estimate of drug-likeness (QED) is 0.830. The zero-order valence-electron chi connectivity index (χ0n) is 12.3. The molecular formula is C15H23N3O2. The van der Waals surface area contributed by atoms with Crippen LogP contribution in [0.2, 0.25) is 0 Å². The highest BCUT2D eigenvalue weighted by molar-refractivity contribution is 5.94. The summed E-state index contributed by atoms with van der Waals surface area (Å²) in [4.78, 5) is 18.6. The monoisotopic (exact) mass is 277 g/mol. The van der Waals surface area contributed by atoms with Gasteiger partial charge in [0.2, 0.25) is 0 Å². The number of aromatic nitrogens is 1. The summed E-state index contributed by atoms with van der Waals surface area (Å²) in [6.45, 7) is 5.08. The molecule has 0 saturated carbocycles. The number of piperidine rings is 1. The van der Waals surface area contributed by atoms with Gasteiger partial charge in [-0.1, -0.05) is 0 Å². The Morgan fingerprint density at radius 1 is 1.60 bits per heavy atom. The topological polar surface area (TPSA) is 54.5 Å². The molecule has 5 heteroatoms. The van der Waals surface area contributed by atoms with Gasteiger partial charge in [0.15, 0.2) is 0 Å². The van der Waals surface area contributed by atoms with Gasteiger partial charge in [-0.3, -0.25) is 0 Å². The van der Waals surface area contributed by atoms with Crippen molar-refractivity contribution in [3.63, 3.8) is 0 Å². The predicted octanol–water partition coefficient (Wildman–Crippen LogP) is 1.69. The first-order chi connectivity index (χ1) is 9.76. The summed E-state index contributed by atoms with van der Waals surface area (Å²) in [6.07, 6.45) is 4.09. The van der Waals surface area contributed by atoms with Crippen molar-refractivity contribution in [1.29, 1.82) is 0 Å². The zero-order chi connectivity index (χ0) is 14.4. The third-order valence-electron chi connectivity index (χ3n) is 3.59. The summed E-state index contributed by atoms with van der Waals surface area (Å²) in [5.41, 5.74) is 0.569. The van der Waals surface area contributed by atoms with E-state index in [1.165, 1.54) is 6.42 Å². The number of hydrogen-bond donors (Lipinski definition) is 1. The van der Waals surface area contributed by atoms with Gasteiger partial charge in [0, 0.05) is 19.3 Å². The van der Waals surface area contributed by atoms with E-state index in [1.54, 1.807) is 18.3 Å². The van der Waals surface area contributed by atoms with Crippen molar-refractivity contribution >= 4 is 11.8 Å². The number of anilines is 1. The number of carbonyl (C=O) groups is 1. The van der Waals surface area contributed by atoms with Gasteiger partial charge in [-0.2, -0.15) is 0 Å². The fourth-order valence-electron chi connectivity index (χ4n) is 2.73. The Kier molecular flexibility index (Phi) is 5.35. The normalized spacial score (nSPS) is 18.9. The van der Waals surface area contributed by atoms with Crippen molar-refractivity contribution in [1.82, 2.24) is 10.3 Å². The predicted molar refractivity (Wildman–Crippen MR) is 79.1 cm³/mol. The highest BCUT2D eigenvalue weighted by Crippen LogP contribution is 2.24. The smallest absolute Gasteiger partial charge is 0.341 e. The van der Waals surface area contributed by atoms with Gasteiger partial charge in [-0.05, 0) is 51.4 Å². The van der Waals surface area contributed by atoms with Gasteiger partial charge in [0.1, 0.15) is 11.4 Å². The average Bonchev–Trinajstić information content (AvgIpc) is 2.48. The van der Waals surface area contributed by atoms with Crippen LogP contribution in [0.15, 0.2) is 18.3 Å². The first kappa shape index (κ1) is 14.8. The van der Waals surface area contributed by atoms with Crippen molar-refractivity contribution in [3.8, 4) is 0 Å². The van der Waals surface area contributed by atoms with Gasteiger partial charge in [-0.25, -0.2) is 9.78 Å². The number of rotatable bonds is 5. The lowest BCUT2D eigenvalue weighted by atomic mass is 9.97. The molecule has 0 spiro atoms. The van der Waals surface area contributed by atoms with Crippen molar-refractivity contribution in [2.75, 3.05) is 38.2 Å². The van der Waals surface area contributed by atoms with Gasteiger partial charge in [-0.15, -0.1) is 0 Å². The van der Waals surface area contributed by atoms with Gasteiger partial charge in [0.25, 0.3) is 0 Å². The maximum atomic E-state index is 12.0. The van der Waals surface area contributed by atoms with Gasteiger partial charge in [0.05, 0.1) is 6.61 Å².